The molecule has 15 heavy (non-hydrogen) atoms. The van der Waals surface area contributed by atoms with Crippen molar-refractivity contribution in [2.45, 2.75) is 18.7 Å². The minimum Gasteiger partial charge on any atom is -0.207 e. The lowest BCUT2D eigenvalue weighted by atomic mass is 10.2. The number of hydrogen-bond donors (Lipinski definition) is 0. The third-order valence-corrected chi connectivity index (χ3v) is 3.91. The number of benzene rings is 1. The van der Waals surface area contributed by atoms with Crippen molar-refractivity contribution < 1.29 is 8.42 Å². The summed E-state index contributed by atoms with van der Waals surface area (Å²) in [6.45, 7) is 4.53. The smallest absolute Gasteiger partial charge is 0.207 e. The highest BCUT2D eigenvalue weighted by atomic mass is 32.2. The zero-order valence-electron chi connectivity index (χ0n) is 9.34. The Morgan fingerprint density at radius 1 is 1.20 bits per heavy atom. The Kier molecular flexibility index (Phi) is 3.88. The molecule has 0 radical (unpaired) electrons. The van der Waals surface area contributed by atoms with E-state index in [0.29, 0.717) is 17.4 Å². The molecule has 1 rings (SSSR count). The first kappa shape index (κ1) is 12.2. The lowest BCUT2D eigenvalue weighted by Gasteiger charge is -2.18. The average molecular weight is 227 g/mol. The molecular weight excluding hydrogens is 210 g/mol. The van der Waals surface area contributed by atoms with Crippen LogP contribution in [0.15, 0.2) is 35.2 Å². The first-order valence-corrected chi connectivity index (χ1v) is 6.40. The van der Waals surface area contributed by atoms with Gasteiger partial charge < -0.3 is 0 Å². The third kappa shape index (κ3) is 3.04. The first-order valence-electron chi connectivity index (χ1n) is 4.96. The zero-order chi connectivity index (χ0) is 11.5. The summed E-state index contributed by atoms with van der Waals surface area (Å²) in [5.41, 5.74) is 0. The predicted molar refractivity (Wildman–Crippen MR) is 61.1 cm³/mol. The van der Waals surface area contributed by atoms with Crippen molar-refractivity contribution in [3.63, 3.8) is 0 Å². The summed E-state index contributed by atoms with van der Waals surface area (Å²) in [5, 5.41) is 0. The Hall–Kier alpha value is -0.870. The van der Waals surface area contributed by atoms with Crippen LogP contribution in [0, 0.1) is 5.92 Å². The van der Waals surface area contributed by atoms with Gasteiger partial charge in [-0.15, -0.1) is 0 Å². The van der Waals surface area contributed by atoms with Gasteiger partial charge in [-0.25, -0.2) is 12.7 Å². The minimum atomic E-state index is -3.30. The molecule has 0 aliphatic rings. The van der Waals surface area contributed by atoms with Gasteiger partial charge in [0.1, 0.15) is 0 Å². The molecule has 84 valence electrons. The molecule has 0 saturated carbocycles. The molecule has 3 nitrogen and oxygen atoms in total. The third-order valence-electron chi connectivity index (χ3n) is 2.07. The van der Waals surface area contributed by atoms with Gasteiger partial charge in [-0.3, -0.25) is 0 Å². The van der Waals surface area contributed by atoms with Crippen molar-refractivity contribution in [3.05, 3.63) is 30.3 Å². The molecule has 0 spiro atoms. The van der Waals surface area contributed by atoms with E-state index in [0.717, 1.165) is 0 Å². The molecule has 4 heteroatoms. The Morgan fingerprint density at radius 3 is 2.20 bits per heavy atom. The number of rotatable bonds is 4. The highest BCUT2D eigenvalue weighted by Crippen LogP contribution is 2.14. The lowest BCUT2D eigenvalue weighted by Crippen LogP contribution is -2.30. The largest absolute Gasteiger partial charge is 0.242 e. The van der Waals surface area contributed by atoms with Gasteiger partial charge in [-0.05, 0) is 18.1 Å². The average Bonchev–Trinajstić information content (AvgIpc) is 2.18. The van der Waals surface area contributed by atoms with Crippen LogP contribution in [-0.2, 0) is 10.0 Å². The molecule has 1 aromatic carbocycles. The molecule has 0 aromatic heterocycles. The van der Waals surface area contributed by atoms with Crippen molar-refractivity contribution in [1.82, 2.24) is 4.31 Å². The first-order chi connectivity index (χ1) is 6.94. The lowest BCUT2D eigenvalue weighted by molar-refractivity contribution is 0.417. The van der Waals surface area contributed by atoms with Gasteiger partial charge in [0.25, 0.3) is 0 Å². The highest BCUT2D eigenvalue weighted by Gasteiger charge is 2.20. The van der Waals surface area contributed by atoms with Crippen LogP contribution in [0.2, 0.25) is 0 Å². The Balaban J connectivity index is 2.94. The van der Waals surface area contributed by atoms with Crippen LogP contribution < -0.4 is 0 Å². The maximum atomic E-state index is 12.0. The van der Waals surface area contributed by atoms with Crippen LogP contribution in [0.25, 0.3) is 0 Å². The standard InChI is InChI=1S/C11H17NO2S/c1-10(2)9-12(3)15(13,14)11-7-5-4-6-8-11/h4-8,10H,9H2,1-3H3. The fraction of sp³-hybridized carbons (Fsp3) is 0.455. The SMILES string of the molecule is CC(C)CN(C)S(=O)(=O)c1ccccc1. The van der Waals surface area contributed by atoms with E-state index in [1.165, 1.54) is 4.31 Å². The van der Waals surface area contributed by atoms with E-state index in [2.05, 4.69) is 0 Å². The summed E-state index contributed by atoms with van der Waals surface area (Å²) in [7, 11) is -1.69. The second-order valence-corrected chi connectivity index (χ2v) is 6.04. The second-order valence-electron chi connectivity index (χ2n) is 3.99. The van der Waals surface area contributed by atoms with Crippen LogP contribution in [0.3, 0.4) is 0 Å². The maximum absolute atomic E-state index is 12.0. The van der Waals surface area contributed by atoms with Gasteiger partial charge in [0.05, 0.1) is 4.90 Å². The maximum Gasteiger partial charge on any atom is 0.242 e. The zero-order valence-corrected chi connectivity index (χ0v) is 10.2. The molecule has 0 fully saturated rings. The van der Waals surface area contributed by atoms with Crippen LogP contribution in [-0.4, -0.2) is 26.3 Å². The van der Waals surface area contributed by atoms with Crippen molar-refractivity contribution in [1.29, 1.82) is 0 Å². The fourth-order valence-corrected chi connectivity index (χ4v) is 2.74. The van der Waals surface area contributed by atoms with Gasteiger partial charge in [0.15, 0.2) is 0 Å². The molecule has 0 aliphatic carbocycles. The van der Waals surface area contributed by atoms with Crippen molar-refractivity contribution >= 4 is 10.0 Å². The normalized spacial score (nSPS) is 12.3. The molecule has 0 N–H and O–H groups in total. The quantitative estimate of drug-likeness (QED) is 0.788. The molecule has 0 atom stereocenters. The molecule has 1 aromatic rings. The van der Waals surface area contributed by atoms with Gasteiger partial charge >= 0.3 is 0 Å². The number of nitrogens with zero attached hydrogens (tertiary/aromatic N) is 1. The van der Waals surface area contributed by atoms with Gasteiger partial charge in [0, 0.05) is 13.6 Å². The summed E-state index contributed by atoms with van der Waals surface area (Å²) >= 11 is 0. The molecule has 0 unspecified atom stereocenters. The Labute approximate surface area is 91.8 Å². The van der Waals surface area contributed by atoms with E-state index in [1.807, 2.05) is 19.9 Å². The van der Waals surface area contributed by atoms with E-state index < -0.39 is 10.0 Å². The van der Waals surface area contributed by atoms with E-state index in [1.54, 1.807) is 31.3 Å². The van der Waals surface area contributed by atoms with Gasteiger partial charge in [0.2, 0.25) is 10.0 Å². The van der Waals surface area contributed by atoms with E-state index >= 15 is 0 Å². The molecule has 0 amide bonds. The van der Waals surface area contributed by atoms with Crippen molar-refractivity contribution in [3.8, 4) is 0 Å². The van der Waals surface area contributed by atoms with Crippen molar-refractivity contribution in [2.75, 3.05) is 13.6 Å². The Bertz CT molecular complexity index is 398. The van der Waals surface area contributed by atoms with E-state index in [4.69, 9.17) is 0 Å². The monoisotopic (exact) mass is 227 g/mol. The number of sulfonamides is 1. The van der Waals surface area contributed by atoms with E-state index in [9.17, 15) is 8.42 Å². The fourth-order valence-electron chi connectivity index (χ4n) is 1.38. The molecule has 0 heterocycles. The summed E-state index contributed by atoms with van der Waals surface area (Å²) in [4.78, 5) is 0.355. The van der Waals surface area contributed by atoms with Crippen LogP contribution in [0.1, 0.15) is 13.8 Å². The van der Waals surface area contributed by atoms with Crippen LogP contribution in [0.5, 0.6) is 0 Å². The van der Waals surface area contributed by atoms with E-state index in [-0.39, 0.29) is 0 Å². The molecule has 0 saturated heterocycles. The summed E-state index contributed by atoms with van der Waals surface area (Å²) < 4.78 is 25.4. The van der Waals surface area contributed by atoms with Gasteiger partial charge in [-0.1, -0.05) is 32.0 Å². The van der Waals surface area contributed by atoms with Crippen LogP contribution in [0.4, 0.5) is 0 Å². The minimum absolute atomic E-state index is 0.327. The summed E-state index contributed by atoms with van der Waals surface area (Å²) in [6, 6.07) is 8.51. The second kappa shape index (κ2) is 4.77. The topological polar surface area (TPSA) is 37.4 Å². The summed E-state index contributed by atoms with van der Waals surface area (Å²) in [6.07, 6.45) is 0. The molecular formula is C11H17NO2S. The molecule has 0 bridgehead atoms. The summed E-state index contributed by atoms with van der Waals surface area (Å²) in [5.74, 6) is 0.327. The predicted octanol–water partition coefficient (Wildman–Crippen LogP) is 1.96. The number of hydrogen-bond acceptors (Lipinski definition) is 2. The highest BCUT2D eigenvalue weighted by molar-refractivity contribution is 7.89. The van der Waals surface area contributed by atoms with Gasteiger partial charge in [-0.2, -0.15) is 0 Å². The molecule has 0 aliphatic heterocycles. The van der Waals surface area contributed by atoms with Crippen molar-refractivity contribution in [2.24, 2.45) is 5.92 Å². The Morgan fingerprint density at radius 2 is 1.73 bits per heavy atom. The van der Waals surface area contributed by atoms with Crippen LogP contribution >= 0.6 is 0 Å².